The maximum Gasteiger partial charge on any atom is 0.243 e. The molecular weight excluding hydrogens is 286 g/mol. The molecule has 1 amide bonds. The van der Waals surface area contributed by atoms with Gasteiger partial charge in [0.05, 0.1) is 13.2 Å². The van der Waals surface area contributed by atoms with Crippen molar-refractivity contribution in [3.05, 3.63) is 65.7 Å². The molecule has 0 radical (unpaired) electrons. The van der Waals surface area contributed by atoms with Crippen molar-refractivity contribution in [3.8, 4) is 5.75 Å². The van der Waals surface area contributed by atoms with Crippen molar-refractivity contribution in [2.45, 2.75) is 18.3 Å². The van der Waals surface area contributed by atoms with E-state index < -0.39 is 5.38 Å². The first-order valence-electron chi connectivity index (χ1n) is 6.75. The summed E-state index contributed by atoms with van der Waals surface area (Å²) in [5.74, 6) is 0.586. The van der Waals surface area contributed by atoms with Gasteiger partial charge in [-0.05, 0) is 30.2 Å². The van der Waals surface area contributed by atoms with E-state index in [0.717, 1.165) is 16.9 Å². The second kappa shape index (κ2) is 7.14. The van der Waals surface area contributed by atoms with Crippen molar-refractivity contribution in [2.75, 3.05) is 7.11 Å². The Hall–Kier alpha value is -2.00. The molecule has 2 aromatic rings. The molecule has 0 aliphatic heterocycles. The number of amides is 1. The Labute approximate surface area is 129 Å². The van der Waals surface area contributed by atoms with Gasteiger partial charge in [-0.15, -0.1) is 11.6 Å². The lowest BCUT2D eigenvalue weighted by atomic mass is 10.1. The molecule has 0 aliphatic carbocycles. The zero-order valence-corrected chi connectivity index (χ0v) is 12.8. The highest BCUT2D eigenvalue weighted by Crippen LogP contribution is 2.22. The average molecular weight is 304 g/mol. The molecule has 21 heavy (non-hydrogen) atoms. The predicted octanol–water partition coefficient (Wildman–Crippen LogP) is 3.85. The number of alkyl halides is 1. The van der Waals surface area contributed by atoms with Crippen molar-refractivity contribution >= 4 is 17.5 Å². The number of benzene rings is 2. The Morgan fingerprint density at radius 1 is 1.05 bits per heavy atom. The van der Waals surface area contributed by atoms with Crippen LogP contribution in [0.4, 0.5) is 0 Å². The molecule has 2 aromatic carbocycles. The fourth-order valence-electron chi connectivity index (χ4n) is 2.04. The molecule has 0 aromatic heterocycles. The molecule has 0 spiro atoms. The van der Waals surface area contributed by atoms with Crippen molar-refractivity contribution in [1.29, 1.82) is 0 Å². The number of hydrogen-bond donors (Lipinski definition) is 1. The van der Waals surface area contributed by atoms with Crippen molar-refractivity contribution in [2.24, 2.45) is 0 Å². The van der Waals surface area contributed by atoms with Gasteiger partial charge in [0.25, 0.3) is 0 Å². The maximum atomic E-state index is 12.2. The van der Waals surface area contributed by atoms with Crippen LogP contribution in [0, 0.1) is 0 Å². The van der Waals surface area contributed by atoms with Crippen LogP contribution in [0.5, 0.6) is 5.75 Å². The van der Waals surface area contributed by atoms with Gasteiger partial charge < -0.3 is 10.1 Å². The summed E-state index contributed by atoms with van der Waals surface area (Å²) in [5.41, 5.74) is 1.79. The van der Waals surface area contributed by atoms with Gasteiger partial charge in [-0.25, -0.2) is 0 Å². The highest BCUT2D eigenvalue weighted by Gasteiger charge is 2.19. The topological polar surface area (TPSA) is 38.3 Å². The van der Waals surface area contributed by atoms with Crippen LogP contribution in [-0.2, 0) is 4.79 Å². The van der Waals surface area contributed by atoms with Crippen LogP contribution in [0.15, 0.2) is 54.6 Å². The highest BCUT2D eigenvalue weighted by atomic mass is 35.5. The third-order valence-corrected chi connectivity index (χ3v) is 3.75. The Bertz CT molecular complexity index is 583. The lowest BCUT2D eigenvalue weighted by molar-refractivity contribution is -0.121. The molecule has 2 rings (SSSR count). The molecule has 0 aliphatic rings. The number of hydrogen-bond acceptors (Lipinski definition) is 2. The zero-order valence-electron chi connectivity index (χ0n) is 12.0. The molecule has 2 atom stereocenters. The second-order valence-electron chi connectivity index (χ2n) is 4.78. The van der Waals surface area contributed by atoms with Crippen molar-refractivity contribution in [1.82, 2.24) is 5.32 Å². The van der Waals surface area contributed by atoms with Gasteiger partial charge in [-0.1, -0.05) is 42.5 Å². The lowest BCUT2D eigenvalue weighted by Gasteiger charge is -2.17. The first-order chi connectivity index (χ1) is 10.1. The fourth-order valence-corrected chi connectivity index (χ4v) is 2.24. The molecule has 4 heteroatoms. The van der Waals surface area contributed by atoms with Crippen LogP contribution in [0.1, 0.15) is 29.5 Å². The van der Waals surface area contributed by atoms with Gasteiger partial charge in [-0.2, -0.15) is 0 Å². The Morgan fingerprint density at radius 2 is 1.67 bits per heavy atom. The molecule has 0 bridgehead atoms. The number of methoxy groups -OCH3 is 1. The average Bonchev–Trinajstić information content (AvgIpc) is 2.55. The first kappa shape index (κ1) is 15.4. The zero-order chi connectivity index (χ0) is 15.2. The maximum absolute atomic E-state index is 12.2. The van der Waals surface area contributed by atoms with E-state index in [0.29, 0.717) is 0 Å². The number of carbonyl (C=O) groups excluding carboxylic acids is 1. The highest BCUT2D eigenvalue weighted by molar-refractivity contribution is 6.30. The number of nitrogens with one attached hydrogen (secondary N) is 1. The fraction of sp³-hybridized carbons (Fsp3) is 0.235. The van der Waals surface area contributed by atoms with Crippen LogP contribution >= 0.6 is 11.6 Å². The molecular formula is C17H18ClNO2. The SMILES string of the molecule is COc1ccc([C@@H](C)NC(=O)C(Cl)c2ccccc2)cc1. The van der Waals surface area contributed by atoms with Crippen LogP contribution in [-0.4, -0.2) is 13.0 Å². The van der Waals surface area contributed by atoms with E-state index in [4.69, 9.17) is 16.3 Å². The van der Waals surface area contributed by atoms with Gasteiger partial charge in [0.2, 0.25) is 5.91 Å². The predicted molar refractivity (Wildman–Crippen MR) is 84.6 cm³/mol. The van der Waals surface area contributed by atoms with Gasteiger partial charge in [-0.3, -0.25) is 4.79 Å². The third-order valence-electron chi connectivity index (χ3n) is 3.30. The summed E-state index contributed by atoms with van der Waals surface area (Å²) in [6.07, 6.45) is 0. The van der Waals surface area contributed by atoms with Gasteiger partial charge >= 0.3 is 0 Å². The molecule has 0 saturated carbocycles. The van der Waals surface area contributed by atoms with E-state index in [1.807, 2.05) is 61.5 Å². The lowest BCUT2D eigenvalue weighted by Crippen LogP contribution is -2.29. The molecule has 0 saturated heterocycles. The second-order valence-corrected chi connectivity index (χ2v) is 5.21. The molecule has 0 fully saturated rings. The van der Waals surface area contributed by atoms with Gasteiger partial charge in [0.15, 0.2) is 0 Å². The van der Waals surface area contributed by atoms with Crippen LogP contribution in [0.3, 0.4) is 0 Å². The summed E-state index contributed by atoms with van der Waals surface area (Å²) >= 11 is 6.20. The quantitative estimate of drug-likeness (QED) is 0.852. The summed E-state index contributed by atoms with van der Waals surface area (Å²) in [5, 5.41) is 2.23. The minimum Gasteiger partial charge on any atom is -0.497 e. The van der Waals surface area contributed by atoms with E-state index in [1.54, 1.807) is 7.11 Å². The third kappa shape index (κ3) is 3.99. The van der Waals surface area contributed by atoms with Crippen LogP contribution < -0.4 is 10.1 Å². The largest absolute Gasteiger partial charge is 0.497 e. The van der Waals surface area contributed by atoms with E-state index in [1.165, 1.54) is 0 Å². The molecule has 3 nitrogen and oxygen atoms in total. The van der Waals surface area contributed by atoms with Crippen molar-refractivity contribution < 1.29 is 9.53 Å². The van der Waals surface area contributed by atoms with E-state index in [2.05, 4.69) is 5.32 Å². The Kier molecular flexibility index (Phi) is 5.23. The summed E-state index contributed by atoms with van der Waals surface area (Å²) in [6.45, 7) is 1.92. The van der Waals surface area contributed by atoms with E-state index in [-0.39, 0.29) is 11.9 Å². The monoisotopic (exact) mass is 303 g/mol. The normalized spacial score (nSPS) is 13.3. The number of ether oxygens (including phenoxy) is 1. The summed E-state index contributed by atoms with van der Waals surface area (Å²) in [6, 6.07) is 16.8. The number of rotatable bonds is 5. The molecule has 1 N–H and O–H groups in total. The standard InChI is InChI=1S/C17H18ClNO2/c1-12(13-8-10-15(21-2)11-9-13)19-17(20)16(18)14-6-4-3-5-7-14/h3-12,16H,1-2H3,(H,19,20)/t12-,16?/m1/s1. The number of carbonyl (C=O) groups is 1. The molecule has 110 valence electrons. The van der Waals surface area contributed by atoms with Crippen molar-refractivity contribution in [3.63, 3.8) is 0 Å². The first-order valence-corrected chi connectivity index (χ1v) is 7.19. The molecule has 1 unspecified atom stereocenters. The summed E-state index contributed by atoms with van der Waals surface area (Å²) in [7, 11) is 1.62. The van der Waals surface area contributed by atoms with Gasteiger partial charge in [0.1, 0.15) is 11.1 Å². The van der Waals surface area contributed by atoms with Crippen LogP contribution in [0.2, 0.25) is 0 Å². The number of halogens is 1. The Morgan fingerprint density at radius 3 is 2.24 bits per heavy atom. The van der Waals surface area contributed by atoms with E-state index in [9.17, 15) is 4.79 Å². The molecule has 0 heterocycles. The smallest absolute Gasteiger partial charge is 0.243 e. The minimum absolute atomic E-state index is 0.117. The minimum atomic E-state index is -0.688. The van der Waals surface area contributed by atoms with Crippen LogP contribution in [0.25, 0.3) is 0 Å². The summed E-state index contributed by atoms with van der Waals surface area (Å²) in [4.78, 5) is 12.2. The van der Waals surface area contributed by atoms with Gasteiger partial charge in [0, 0.05) is 0 Å². The summed E-state index contributed by atoms with van der Waals surface area (Å²) < 4.78 is 5.12. The van der Waals surface area contributed by atoms with E-state index >= 15 is 0 Å². The Balaban J connectivity index is 2.01.